The summed E-state index contributed by atoms with van der Waals surface area (Å²) in [4.78, 5) is 12.7. The fourth-order valence-corrected chi connectivity index (χ4v) is 4.19. The first-order valence-electron chi connectivity index (χ1n) is 7.87. The molecule has 0 aliphatic carbocycles. The van der Waals surface area contributed by atoms with E-state index < -0.39 is 5.97 Å². The first kappa shape index (κ1) is 17.4. The second kappa shape index (κ2) is 6.44. The molecule has 0 fully saturated rings. The van der Waals surface area contributed by atoms with Crippen LogP contribution in [0.1, 0.15) is 28.4 Å². The molecule has 0 spiro atoms. The van der Waals surface area contributed by atoms with E-state index in [1.807, 2.05) is 17.6 Å². The molecule has 3 rings (SSSR count). The van der Waals surface area contributed by atoms with E-state index >= 15 is 0 Å². The standard InChI is InChI=1S/C19H18FNO3S/c1-4-21-14-9-10(2)17(22)11(3)15(14)16(19(23)24)18(21)25-13-7-5-12(20)6-8-13/h5-9,22H,4H2,1-3H3,(H,23,24). The number of hydrogen-bond donors (Lipinski definition) is 2. The predicted octanol–water partition coefficient (Wildman–Crippen LogP) is 4.97. The van der Waals surface area contributed by atoms with Crippen molar-refractivity contribution in [2.45, 2.75) is 37.2 Å². The fraction of sp³-hybridized carbons (Fsp3) is 0.211. The van der Waals surface area contributed by atoms with Gasteiger partial charge in [0, 0.05) is 22.4 Å². The summed E-state index contributed by atoms with van der Waals surface area (Å²) in [6.07, 6.45) is 0. The lowest BCUT2D eigenvalue weighted by atomic mass is 10.0. The number of nitrogens with zero attached hydrogens (tertiary/aromatic N) is 1. The number of phenols is 1. The van der Waals surface area contributed by atoms with Crippen LogP contribution in [0.4, 0.5) is 4.39 Å². The summed E-state index contributed by atoms with van der Waals surface area (Å²) in [5.41, 5.74) is 2.20. The molecular formula is C19H18FNO3S. The highest BCUT2D eigenvalue weighted by atomic mass is 32.2. The van der Waals surface area contributed by atoms with E-state index in [2.05, 4.69) is 0 Å². The summed E-state index contributed by atoms with van der Waals surface area (Å²) in [6.45, 7) is 6.04. The molecule has 1 aromatic heterocycles. The van der Waals surface area contributed by atoms with E-state index in [0.717, 1.165) is 10.4 Å². The second-order valence-electron chi connectivity index (χ2n) is 5.85. The number of hydrogen-bond acceptors (Lipinski definition) is 3. The Morgan fingerprint density at radius 1 is 1.24 bits per heavy atom. The molecule has 0 unspecified atom stereocenters. The molecule has 0 atom stereocenters. The van der Waals surface area contributed by atoms with Crippen molar-refractivity contribution in [1.29, 1.82) is 0 Å². The topological polar surface area (TPSA) is 62.5 Å². The van der Waals surface area contributed by atoms with Crippen molar-refractivity contribution in [1.82, 2.24) is 4.57 Å². The first-order chi connectivity index (χ1) is 11.8. The lowest BCUT2D eigenvalue weighted by molar-refractivity contribution is 0.0694. The Morgan fingerprint density at radius 3 is 2.44 bits per heavy atom. The van der Waals surface area contributed by atoms with Crippen LogP contribution in [-0.4, -0.2) is 20.7 Å². The number of benzene rings is 2. The van der Waals surface area contributed by atoms with Crippen LogP contribution in [0.25, 0.3) is 10.9 Å². The molecule has 0 amide bonds. The maximum Gasteiger partial charge on any atom is 0.339 e. The summed E-state index contributed by atoms with van der Waals surface area (Å²) in [7, 11) is 0. The third kappa shape index (κ3) is 2.87. The van der Waals surface area contributed by atoms with Gasteiger partial charge in [-0.15, -0.1) is 0 Å². The summed E-state index contributed by atoms with van der Waals surface area (Å²) >= 11 is 1.28. The molecule has 130 valence electrons. The molecule has 0 aliphatic rings. The van der Waals surface area contributed by atoms with Crippen molar-refractivity contribution in [2.24, 2.45) is 0 Å². The Hall–Kier alpha value is -2.47. The van der Waals surface area contributed by atoms with Crippen LogP contribution in [0.5, 0.6) is 5.75 Å². The van der Waals surface area contributed by atoms with Gasteiger partial charge in [0.2, 0.25) is 0 Å². The molecule has 0 aliphatic heterocycles. The number of carboxylic acids is 1. The average Bonchev–Trinajstić information content (AvgIpc) is 2.88. The van der Waals surface area contributed by atoms with Crippen LogP contribution in [0.15, 0.2) is 40.3 Å². The largest absolute Gasteiger partial charge is 0.507 e. The second-order valence-corrected chi connectivity index (χ2v) is 6.91. The van der Waals surface area contributed by atoms with Gasteiger partial charge >= 0.3 is 5.97 Å². The first-order valence-corrected chi connectivity index (χ1v) is 8.68. The van der Waals surface area contributed by atoms with Gasteiger partial charge in [0.1, 0.15) is 11.6 Å². The molecule has 2 aromatic carbocycles. The molecule has 6 heteroatoms. The molecule has 1 heterocycles. The van der Waals surface area contributed by atoms with E-state index in [9.17, 15) is 19.4 Å². The third-order valence-corrected chi connectivity index (χ3v) is 5.40. The quantitative estimate of drug-likeness (QED) is 0.690. The predicted molar refractivity (Wildman–Crippen MR) is 96.2 cm³/mol. The van der Waals surface area contributed by atoms with Crippen LogP contribution in [0.2, 0.25) is 0 Å². The van der Waals surface area contributed by atoms with E-state index in [-0.39, 0.29) is 17.1 Å². The molecule has 2 N–H and O–H groups in total. The Balaban J connectivity index is 2.33. The maximum atomic E-state index is 13.2. The highest BCUT2D eigenvalue weighted by Crippen LogP contribution is 2.41. The van der Waals surface area contributed by atoms with E-state index in [1.165, 1.54) is 23.9 Å². The molecule has 3 aromatic rings. The molecule has 0 bridgehead atoms. The minimum absolute atomic E-state index is 0.113. The average molecular weight is 359 g/mol. The number of aromatic nitrogens is 1. The summed E-state index contributed by atoms with van der Waals surface area (Å²) < 4.78 is 15.1. The van der Waals surface area contributed by atoms with Crippen LogP contribution < -0.4 is 0 Å². The Bertz CT molecular complexity index is 977. The van der Waals surface area contributed by atoms with Crippen molar-refractivity contribution >= 4 is 28.6 Å². The van der Waals surface area contributed by atoms with Gasteiger partial charge in [-0.25, -0.2) is 9.18 Å². The third-order valence-electron chi connectivity index (χ3n) is 4.27. The van der Waals surface area contributed by atoms with Gasteiger partial charge in [0.25, 0.3) is 0 Å². The highest BCUT2D eigenvalue weighted by Gasteiger charge is 2.25. The minimum atomic E-state index is -1.05. The number of fused-ring (bicyclic) bond motifs is 1. The zero-order valence-corrected chi connectivity index (χ0v) is 14.9. The Labute approximate surface area is 148 Å². The van der Waals surface area contributed by atoms with Gasteiger partial charge in [-0.1, -0.05) is 11.8 Å². The normalized spacial score (nSPS) is 11.2. The Morgan fingerprint density at radius 2 is 1.88 bits per heavy atom. The van der Waals surface area contributed by atoms with Gasteiger partial charge in [-0.3, -0.25) is 0 Å². The molecule has 0 saturated carbocycles. The molecule has 0 saturated heterocycles. The smallest absolute Gasteiger partial charge is 0.339 e. The number of aryl methyl sites for hydroxylation is 3. The van der Waals surface area contributed by atoms with Gasteiger partial charge < -0.3 is 14.8 Å². The van der Waals surface area contributed by atoms with Crippen molar-refractivity contribution in [3.8, 4) is 5.75 Å². The van der Waals surface area contributed by atoms with E-state index in [4.69, 9.17) is 0 Å². The van der Waals surface area contributed by atoms with Gasteiger partial charge in [-0.05, 0) is 56.7 Å². The minimum Gasteiger partial charge on any atom is -0.507 e. The molecule has 25 heavy (non-hydrogen) atoms. The Kier molecular flexibility index (Phi) is 4.47. The summed E-state index contributed by atoms with van der Waals surface area (Å²) in [5, 5.41) is 21.2. The van der Waals surface area contributed by atoms with Crippen molar-refractivity contribution in [2.75, 3.05) is 0 Å². The van der Waals surface area contributed by atoms with Crippen LogP contribution in [-0.2, 0) is 6.54 Å². The zero-order valence-electron chi connectivity index (χ0n) is 14.1. The van der Waals surface area contributed by atoms with E-state index in [1.54, 1.807) is 26.0 Å². The van der Waals surface area contributed by atoms with Crippen molar-refractivity contribution in [3.05, 3.63) is 52.8 Å². The highest BCUT2D eigenvalue weighted by molar-refractivity contribution is 7.99. The van der Waals surface area contributed by atoms with Crippen LogP contribution >= 0.6 is 11.8 Å². The molecule has 4 nitrogen and oxygen atoms in total. The number of carboxylic acid groups (broad SMARTS) is 1. The van der Waals surface area contributed by atoms with Crippen molar-refractivity contribution < 1.29 is 19.4 Å². The van der Waals surface area contributed by atoms with E-state index in [0.29, 0.717) is 28.1 Å². The van der Waals surface area contributed by atoms with Crippen LogP contribution in [0, 0.1) is 19.7 Å². The summed E-state index contributed by atoms with van der Waals surface area (Å²) in [6, 6.07) is 7.76. The number of phenolic OH excluding ortho intramolecular Hbond substituents is 1. The lowest BCUT2D eigenvalue weighted by Crippen LogP contribution is -2.01. The molecular weight excluding hydrogens is 341 g/mol. The number of rotatable bonds is 4. The van der Waals surface area contributed by atoms with Crippen molar-refractivity contribution in [3.63, 3.8) is 0 Å². The fourth-order valence-electron chi connectivity index (χ4n) is 3.06. The monoisotopic (exact) mass is 359 g/mol. The van der Waals surface area contributed by atoms with Gasteiger partial charge in [0.15, 0.2) is 0 Å². The van der Waals surface area contributed by atoms with Gasteiger partial charge in [0.05, 0.1) is 16.1 Å². The maximum absolute atomic E-state index is 13.2. The van der Waals surface area contributed by atoms with Gasteiger partial charge in [-0.2, -0.15) is 0 Å². The lowest BCUT2D eigenvalue weighted by Gasteiger charge is -2.09. The number of halogens is 1. The SMILES string of the molecule is CCn1c(Sc2ccc(F)cc2)c(C(=O)O)c2c(C)c(O)c(C)cc21. The summed E-state index contributed by atoms with van der Waals surface area (Å²) in [5.74, 6) is -1.27. The number of aromatic hydroxyl groups is 1. The van der Waals surface area contributed by atoms with Crippen LogP contribution in [0.3, 0.4) is 0 Å². The number of aromatic carboxylic acids is 1. The molecule has 0 radical (unpaired) electrons. The number of carbonyl (C=O) groups is 1. The zero-order chi connectivity index (χ0) is 18.3.